The van der Waals surface area contributed by atoms with Crippen LogP contribution in [-0.2, 0) is 9.53 Å². The molecule has 0 fully saturated rings. The third kappa shape index (κ3) is 1.90. The predicted octanol–water partition coefficient (Wildman–Crippen LogP) is 1.74. The first-order valence-corrected chi connectivity index (χ1v) is 5.17. The van der Waals surface area contributed by atoms with Crippen molar-refractivity contribution in [3.05, 3.63) is 24.4 Å². The Hall–Kier alpha value is -2.19. The fraction of sp³-hybridized carbons (Fsp3) is 0.400. The van der Waals surface area contributed by atoms with E-state index >= 15 is 0 Å². The molecule has 0 radical (unpaired) electrons. The molecule has 102 valence electrons. The number of pyridine rings is 1. The second-order valence-electron chi connectivity index (χ2n) is 3.74. The topological polar surface area (TPSA) is 67.2 Å². The lowest BCUT2D eigenvalue weighted by Crippen LogP contribution is -2.63. The molecule has 0 aromatic carbocycles. The second-order valence-corrected chi connectivity index (χ2v) is 3.74. The molecule has 1 aliphatic rings. The summed E-state index contributed by atoms with van der Waals surface area (Å²) in [6, 6.07) is 4.31. The van der Waals surface area contributed by atoms with E-state index in [0.717, 1.165) is 7.11 Å². The van der Waals surface area contributed by atoms with Gasteiger partial charge in [-0.25, -0.2) is 14.8 Å². The Bertz CT molecular complexity index is 505. The van der Waals surface area contributed by atoms with Crippen molar-refractivity contribution < 1.29 is 22.7 Å². The summed E-state index contributed by atoms with van der Waals surface area (Å²) in [5, 5.41) is 7.13. The van der Waals surface area contributed by atoms with Crippen molar-refractivity contribution in [3.63, 3.8) is 0 Å². The quantitative estimate of drug-likeness (QED) is 0.770. The van der Waals surface area contributed by atoms with Gasteiger partial charge in [0.2, 0.25) is 0 Å². The molecule has 9 heteroatoms. The molecule has 1 aromatic rings. The lowest BCUT2D eigenvalue weighted by Gasteiger charge is -2.33. The minimum absolute atomic E-state index is 0.133. The first-order chi connectivity index (χ1) is 8.93. The Morgan fingerprint density at radius 2 is 2.21 bits per heavy atom. The number of nitrogens with zero attached hydrogens (tertiary/aromatic N) is 4. The number of hydrogen-bond donors (Lipinski definition) is 0. The number of esters is 1. The van der Waals surface area contributed by atoms with Gasteiger partial charge in [0.15, 0.2) is 5.82 Å². The molecule has 1 atom stereocenters. The summed E-state index contributed by atoms with van der Waals surface area (Å²) in [6.07, 6.45) is -3.61. The molecule has 0 saturated carbocycles. The third-order valence-electron chi connectivity index (χ3n) is 2.67. The number of hydrogen-bond acceptors (Lipinski definition) is 6. The number of anilines is 1. The van der Waals surface area contributed by atoms with Gasteiger partial charge in [-0.05, 0) is 12.1 Å². The van der Waals surface area contributed by atoms with Crippen molar-refractivity contribution in [3.8, 4) is 0 Å². The zero-order valence-electron chi connectivity index (χ0n) is 9.76. The van der Waals surface area contributed by atoms with Crippen molar-refractivity contribution >= 4 is 11.8 Å². The summed E-state index contributed by atoms with van der Waals surface area (Å²) < 4.78 is 44.2. The van der Waals surface area contributed by atoms with E-state index in [0.29, 0.717) is 5.01 Å². The number of carbonyl (C=O) groups excluding carboxylic acids is 1. The van der Waals surface area contributed by atoms with Gasteiger partial charge in [0.05, 0.1) is 7.11 Å². The van der Waals surface area contributed by atoms with E-state index in [1.165, 1.54) is 24.4 Å². The number of methoxy groups -OCH3 is 1. The highest BCUT2D eigenvalue weighted by Crippen LogP contribution is 2.42. The van der Waals surface area contributed by atoms with E-state index in [2.05, 4.69) is 20.1 Å². The van der Waals surface area contributed by atoms with Crippen molar-refractivity contribution in [2.24, 2.45) is 10.3 Å². The average molecular weight is 274 g/mol. The van der Waals surface area contributed by atoms with Gasteiger partial charge in [0.1, 0.15) is 6.54 Å². The maximum absolute atomic E-state index is 13.3. The van der Waals surface area contributed by atoms with Crippen LogP contribution >= 0.6 is 0 Å². The molecule has 1 aromatic heterocycles. The second kappa shape index (κ2) is 4.48. The molecule has 2 rings (SSSR count). The SMILES string of the molecule is COC(=O)C1(C(F)(F)F)CN=NN1c1ccccn1. The van der Waals surface area contributed by atoms with Crippen molar-refractivity contribution in [1.29, 1.82) is 0 Å². The van der Waals surface area contributed by atoms with E-state index in [4.69, 9.17) is 0 Å². The van der Waals surface area contributed by atoms with Gasteiger partial charge in [-0.2, -0.15) is 18.3 Å². The number of carbonyl (C=O) groups is 1. The largest absolute Gasteiger partial charge is 0.467 e. The molecule has 1 unspecified atom stereocenters. The van der Waals surface area contributed by atoms with Crippen molar-refractivity contribution in [1.82, 2.24) is 4.98 Å². The Kier molecular flexibility index (Phi) is 3.13. The first-order valence-electron chi connectivity index (χ1n) is 5.17. The minimum atomic E-state index is -4.90. The maximum Gasteiger partial charge on any atom is 0.426 e. The Balaban J connectivity index is 2.53. The van der Waals surface area contributed by atoms with Crippen molar-refractivity contribution in [2.45, 2.75) is 11.7 Å². The highest BCUT2D eigenvalue weighted by atomic mass is 19.4. The fourth-order valence-electron chi connectivity index (χ4n) is 1.71. The molecule has 2 heterocycles. The monoisotopic (exact) mass is 274 g/mol. The van der Waals surface area contributed by atoms with Gasteiger partial charge in [-0.1, -0.05) is 11.3 Å². The van der Waals surface area contributed by atoms with Gasteiger partial charge in [0.25, 0.3) is 5.54 Å². The summed E-state index contributed by atoms with van der Waals surface area (Å²) in [4.78, 5) is 15.4. The molecular weight excluding hydrogens is 265 g/mol. The fourth-order valence-corrected chi connectivity index (χ4v) is 1.71. The van der Waals surface area contributed by atoms with Gasteiger partial charge in [-0.15, -0.1) is 0 Å². The maximum atomic E-state index is 13.3. The molecule has 0 N–H and O–H groups in total. The standard InChI is InChI=1S/C10H9F3N4O2/c1-19-8(18)9(10(11,12)13)6-15-16-17(9)7-4-2-3-5-14-7/h2-5H,6H2,1H3. The summed E-state index contributed by atoms with van der Waals surface area (Å²) in [5.74, 6) is -1.61. The van der Waals surface area contributed by atoms with Crippen LogP contribution in [0.25, 0.3) is 0 Å². The van der Waals surface area contributed by atoms with Crippen LogP contribution in [0.5, 0.6) is 0 Å². The zero-order valence-corrected chi connectivity index (χ0v) is 9.76. The number of alkyl halides is 3. The van der Waals surface area contributed by atoms with Crippen LogP contribution in [0.1, 0.15) is 0 Å². The molecule has 19 heavy (non-hydrogen) atoms. The lowest BCUT2D eigenvalue weighted by atomic mass is 9.98. The highest BCUT2D eigenvalue weighted by molar-refractivity contribution is 5.87. The van der Waals surface area contributed by atoms with E-state index in [1.807, 2.05) is 0 Å². The third-order valence-corrected chi connectivity index (χ3v) is 2.67. The zero-order chi connectivity index (χ0) is 14.1. The summed E-state index contributed by atoms with van der Waals surface area (Å²) in [5.41, 5.74) is -2.96. The van der Waals surface area contributed by atoms with Crippen LogP contribution in [0.4, 0.5) is 19.0 Å². The Labute approximate surface area is 105 Å². The van der Waals surface area contributed by atoms with Crippen LogP contribution in [0, 0.1) is 0 Å². The lowest BCUT2D eigenvalue weighted by molar-refractivity contribution is -0.200. The van der Waals surface area contributed by atoms with E-state index in [-0.39, 0.29) is 5.82 Å². The van der Waals surface area contributed by atoms with Gasteiger partial charge in [0, 0.05) is 6.20 Å². The van der Waals surface area contributed by atoms with Gasteiger partial charge < -0.3 is 4.74 Å². The smallest absolute Gasteiger partial charge is 0.426 e. The van der Waals surface area contributed by atoms with E-state index < -0.39 is 24.2 Å². The van der Waals surface area contributed by atoms with Crippen molar-refractivity contribution in [2.75, 3.05) is 18.7 Å². The molecule has 0 saturated heterocycles. The Morgan fingerprint density at radius 3 is 2.74 bits per heavy atom. The molecule has 0 amide bonds. The normalized spacial score (nSPS) is 22.6. The molecule has 0 aliphatic carbocycles. The first kappa shape index (κ1) is 13.2. The summed E-state index contributed by atoms with van der Waals surface area (Å²) >= 11 is 0. The van der Waals surface area contributed by atoms with E-state index in [1.54, 1.807) is 0 Å². The van der Waals surface area contributed by atoms with Crippen LogP contribution < -0.4 is 5.01 Å². The summed E-state index contributed by atoms with van der Waals surface area (Å²) in [6.45, 7) is -0.861. The van der Waals surface area contributed by atoms with Gasteiger partial charge >= 0.3 is 12.1 Å². The van der Waals surface area contributed by atoms with Crippen LogP contribution in [0.3, 0.4) is 0 Å². The Morgan fingerprint density at radius 1 is 1.47 bits per heavy atom. The van der Waals surface area contributed by atoms with Gasteiger partial charge in [-0.3, -0.25) is 0 Å². The molecule has 0 spiro atoms. The number of ether oxygens (including phenoxy) is 1. The summed E-state index contributed by atoms with van der Waals surface area (Å²) in [7, 11) is 0.880. The molecular formula is C10H9F3N4O2. The van der Waals surface area contributed by atoms with Crippen LogP contribution in [0.15, 0.2) is 34.7 Å². The molecule has 6 nitrogen and oxygen atoms in total. The number of aromatic nitrogens is 1. The molecule has 1 aliphatic heterocycles. The highest BCUT2D eigenvalue weighted by Gasteiger charge is 2.68. The van der Waals surface area contributed by atoms with E-state index in [9.17, 15) is 18.0 Å². The average Bonchev–Trinajstić information content (AvgIpc) is 2.84. The van der Waals surface area contributed by atoms with Crippen LogP contribution in [0.2, 0.25) is 0 Å². The molecule has 0 bridgehead atoms. The number of rotatable bonds is 2. The number of halogens is 3. The van der Waals surface area contributed by atoms with Crippen LogP contribution in [-0.4, -0.2) is 36.3 Å². The predicted molar refractivity (Wildman–Crippen MR) is 57.2 cm³/mol. The minimum Gasteiger partial charge on any atom is -0.467 e.